The third-order valence-corrected chi connectivity index (χ3v) is 4.66. The first-order chi connectivity index (χ1) is 13.3. The minimum atomic E-state index is -4.35. The number of benzene rings is 1. The van der Waals surface area contributed by atoms with Crippen LogP contribution in [0.1, 0.15) is 24.8 Å². The van der Waals surface area contributed by atoms with Crippen LogP contribution in [0.4, 0.5) is 13.2 Å². The molecule has 164 valence electrons. The molecule has 1 amide bonds. The van der Waals surface area contributed by atoms with Crippen molar-refractivity contribution in [1.29, 1.82) is 0 Å². The monoisotopic (exact) mass is 528 g/mol. The lowest BCUT2D eigenvalue weighted by Gasteiger charge is -2.34. The Labute approximate surface area is 186 Å². The van der Waals surface area contributed by atoms with E-state index in [1.165, 1.54) is 12.1 Å². The summed E-state index contributed by atoms with van der Waals surface area (Å²) in [5, 5.41) is 5.94. The zero-order valence-electron chi connectivity index (χ0n) is 16.6. The Morgan fingerprint density at radius 1 is 1.24 bits per heavy atom. The number of ether oxygens (including phenoxy) is 1. The number of nitrogens with one attached hydrogen (secondary N) is 2. The number of alkyl halides is 3. The van der Waals surface area contributed by atoms with Crippen LogP contribution in [0, 0.1) is 5.92 Å². The lowest BCUT2D eigenvalue weighted by Crippen LogP contribution is -2.45. The first-order valence-electron chi connectivity index (χ1n) is 9.25. The molecule has 1 aromatic carbocycles. The van der Waals surface area contributed by atoms with E-state index >= 15 is 0 Å². The van der Waals surface area contributed by atoms with Gasteiger partial charge in [0.15, 0.2) is 12.6 Å². The maximum atomic E-state index is 12.2. The fourth-order valence-electron chi connectivity index (χ4n) is 3.10. The summed E-state index contributed by atoms with van der Waals surface area (Å²) in [5.41, 5.74) is 0.912. The van der Waals surface area contributed by atoms with Crippen LogP contribution in [0.2, 0.25) is 0 Å². The summed E-state index contributed by atoms with van der Waals surface area (Å²) in [5.74, 6) is 1.42. The molecular weight excluding hydrogens is 500 g/mol. The molecule has 0 spiro atoms. The van der Waals surface area contributed by atoms with Gasteiger partial charge in [-0.3, -0.25) is 9.79 Å². The summed E-state index contributed by atoms with van der Waals surface area (Å²) in [6.07, 6.45) is -1.93. The Morgan fingerprint density at radius 3 is 2.38 bits per heavy atom. The van der Waals surface area contributed by atoms with Crippen molar-refractivity contribution in [2.45, 2.75) is 32.0 Å². The van der Waals surface area contributed by atoms with Gasteiger partial charge < -0.3 is 20.3 Å². The fraction of sp³-hybridized carbons (Fsp3) is 0.579. The third kappa shape index (κ3) is 9.09. The highest BCUT2D eigenvalue weighted by Crippen LogP contribution is 2.21. The zero-order valence-corrected chi connectivity index (χ0v) is 18.9. The Bertz CT molecular complexity index is 660. The van der Waals surface area contributed by atoms with Crippen LogP contribution in [-0.4, -0.2) is 56.7 Å². The van der Waals surface area contributed by atoms with Crippen LogP contribution in [0.5, 0.6) is 5.75 Å². The van der Waals surface area contributed by atoms with Crippen molar-refractivity contribution < 1.29 is 22.7 Å². The van der Waals surface area contributed by atoms with Crippen molar-refractivity contribution in [3.8, 4) is 5.75 Å². The average Bonchev–Trinajstić information content (AvgIpc) is 2.68. The van der Waals surface area contributed by atoms with Crippen molar-refractivity contribution in [3.63, 3.8) is 0 Å². The lowest BCUT2D eigenvalue weighted by molar-refractivity contribution is -0.153. The molecule has 0 atom stereocenters. The van der Waals surface area contributed by atoms with E-state index in [0.717, 1.165) is 37.5 Å². The van der Waals surface area contributed by atoms with Crippen LogP contribution in [0.25, 0.3) is 0 Å². The lowest BCUT2D eigenvalue weighted by atomic mass is 9.93. The van der Waals surface area contributed by atoms with Crippen molar-refractivity contribution in [2.75, 3.05) is 33.8 Å². The fourth-order valence-corrected chi connectivity index (χ4v) is 3.10. The van der Waals surface area contributed by atoms with Crippen LogP contribution in [-0.2, 0) is 11.3 Å². The van der Waals surface area contributed by atoms with Crippen LogP contribution in [0.3, 0.4) is 0 Å². The van der Waals surface area contributed by atoms with Gasteiger partial charge in [-0.15, -0.1) is 24.0 Å². The molecule has 6 nitrogen and oxygen atoms in total. The molecule has 0 aromatic heterocycles. The maximum Gasteiger partial charge on any atom is 0.422 e. The van der Waals surface area contributed by atoms with E-state index in [9.17, 15) is 18.0 Å². The highest BCUT2D eigenvalue weighted by atomic mass is 127. The molecule has 1 saturated heterocycles. The van der Waals surface area contributed by atoms with Gasteiger partial charge in [-0.05, 0) is 36.5 Å². The number of hydrogen-bond donors (Lipinski definition) is 2. The quantitative estimate of drug-likeness (QED) is 0.339. The Morgan fingerprint density at radius 2 is 1.86 bits per heavy atom. The number of carbonyl (C=O) groups is 1. The van der Waals surface area contributed by atoms with Crippen molar-refractivity contribution in [1.82, 2.24) is 15.5 Å². The number of aliphatic imine (C=N–C) groups is 1. The number of rotatable bonds is 6. The van der Waals surface area contributed by atoms with Gasteiger partial charge in [0.05, 0.1) is 0 Å². The normalized spacial score (nSPS) is 15.5. The van der Waals surface area contributed by atoms with Gasteiger partial charge in [0.1, 0.15) is 5.75 Å². The maximum absolute atomic E-state index is 12.2. The van der Waals surface area contributed by atoms with E-state index in [2.05, 4.69) is 20.5 Å². The van der Waals surface area contributed by atoms with E-state index in [1.54, 1.807) is 26.2 Å². The van der Waals surface area contributed by atoms with Crippen molar-refractivity contribution in [3.05, 3.63) is 29.8 Å². The molecule has 0 radical (unpaired) electrons. The summed E-state index contributed by atoms with van der Waals surface area (Å²) in [7, 11) is 3.37. The predicted molar refractivity (Wildman–Crippen MR) is 117 cm³/mol. The largest absolute Gasteiger partial charge is 0.484 e. The molecule has 0 aliphatic carbocycles. The Hall–Kier alpha value is -1.72. The first kappa shape index (κ1) is 25.3. The number of likely N-dealkylation sites (tertiary alicyclic amines) is 1. The molecule has 29 heavy (non-hydrogen) atoms. The molecule has 1 heterocycles. The van der Waals surface area contributed by atoms with Gasteiger partial charge in [-0.25, -0.2) is 0 Å². The number of carbonyl (C=O) groups excluding carboxylic acids is 1. The standard InChI is InChI=1S/C19H27F3N4O2.HI/c1-23-17(27)11-14-7-9-26(10-8-14)18(24-2)25-12-15-3-5-16(6-4-15)28-13-19(20,21)22;/h3-6,14H,7-13H2,1-2H3,(H,23,27)(H,24,25);1H. The molecular formula is C19H28F3IN4O2. The predicted octanol–water partition coefficient (Wildman–Crippen LogP) is 3.17. The summed E-state index contributed by atoms with van der Waals surface area (Å²) in [4.78, 5) is 18.0. The SMILES string of the molecule is CN=C(NCc1ccc(OCC(F)(F)F)cc1)N1CCC(CC(=O)NC)CC1.I. The van der Waals surface area contributed by atoms with Gasteiger partial charge in [-0.1, -0.05) is 12.1 Å². The number of guanidine groups is 1. The Balaban J connectivity index is 0.00000420. The topological polar surface area (TPSA) is 66.0 Å². The molecule has 0 saturated carbocycles. The first-order valence-corrected chi connectivity index (χ1v) is 9.25. The molecule has 0 bridgehead atoms. The number of halogens is 4. The second kappa shape index (κ2) is 12.1. The second-order valence-electron chi connectivity index (χ2n) is 6.76. The Kier molecular flexibility index (Phi) is 10.5. The minimum Gasteiger partial charge on any atom is -0.484 e. The molecule has 1 aliphatic rings. The zero-order chi connectivity index (χ0) is 20.6. The smallest absolute Gasteiger partial charge is 0.422 e. The summed E-state index contributed by atoms with van der Waals surface area (Å²) in [6.45, 7) is 0.856. The molecule has 1 aliphatic heterocycles. The van der Waals surface area contributed by atoms with Gasteiger partial charge in [-0.2, -0.15) is 13.2 Å². The van der Waals surface area contributed by atoms with Gasteiger partial charge in [0.2, 0.25) is 5.91 Å². The van der Waals surface area contributed by atoms with Crippen LogP contribution < -0.4 is 15.4 Å². The number of amides is 1. The summed E-state index contributed by atoms with van der Waals surface area (Å²) in [6, 6.07) is 6.49. The van der Waals surface area contributed by atoms with E-state index in [-0.39, 0.29) is 35.6 Å². The van der Waals surface area contributed by atoms with E-state index in [1.807, 2.05) is 0 Å². The minimum absolute atomic E-state index is 0. The molecule has 10 heteroatoms. The average molecular weight is 528 g/mol. The molecule has 1 aromatic rings. The number of hydrogen-bond acceptors (Lipinski definition) is 3. The highest BCUT2D eigenvalue weighted by molar-refractivity contribution is 14.0. The van der Waals surface area contributed by atoms with Crippen LogP contribution in [0.15, 0.2) is 29.3 Å². The van der Waals surface area contributed by atoms with Crippen molar-refractivity contribution >= 4 is 35.8 Å². The van der Waals surface area contributed by atoms with Crippen LogP contribution >= 0.6 is 24.0 Å². The van der Waals surface area contributed by atoms with Crippen molar-refractivity contribution in [2.24, 2.45) is 10.9 Å². The molecule has 0 unspecified atom stereocenters. The van der Waals surface area contributed by atoms with E-state index in [0.29, 0.717) is 18.9 Å². The third-order valence-electron chi connectivity index (χ3n) is 4.66. The molecule has 2 N–H and O–H groups in total. The van der Waals surface area contributed by atoms with Gasteiger partial charge in [0, 0.05) is 40.2 Å². The van der Waals surface area contributed by atoms with E-state index < -0.39 is 12.8 Å². The molecule has 1 fully saturated rings. The highest BCUT2D eigenvalue weighted by Gasteiger charge is 2.28. The number of nitrogens with zero attached hydrogens (tertiary/aromatic N) is 2. The van der Waals surface area contributed by atoms with Gasteiger partial charge >= 0.3 is 6.18 Å². The second-order valence-corrected chi connectivity index (χ2v) is 6.76. The van der Waals surface area contributed by atoms with Gasteiger partial charge in [0.25, 0.3) is 0 Å². The van der Waals surface area contributed by atoms with E-state index in [4.69, 9.17) is 4.74 Å². The number of piperidine rings is 1. The molecule has 2 rings (SSSR count). The summed E-state index contributed by atoms with van der Waals surface area (Å²) >= 11 is 0. The summed E-state index contributed by atoms with van der Waals surface area (Å²) < 4.78 is 41.2.